The fraction of sp³-hybridized carbons (Fsp3) is 0.150. The second-order valence-corrected chi connectivity index (χ2v) is 9.20. The number of halogens is 1. The summed E-state index contributed by atoms with van der Waals surface area (Å²) in [5.41, 5.74) is 5.05. The molecule has 0 fully saturated rings. The molecule has 4 rings (SSSR count). The first-order valence-corrected chi connectivity index (χ1v) is 11.0. The number of aryl methyl sites for hydroxylation is 2. The van der Waals surface area contributed by atoms with Crippen molar-refractivity contribution in [3.05, 3.63) is 59.5 Å². The van der Waals surface area contributed by atoms with E-state index in [4.69, 9.17) is 11.6 Å². The quantitative estimate of drug-likeness (QED) is 0.492. The average Bonchev–Trinajstić information content (AvgIpc) is 2.98. The molecule has 0 aliphatic heterocycles. The molecule has 0 spiro atoms. The van der Waals surface area contributed by atoms with Crippen molar-refractivity contribution in [2.24, 2.45) is 7.05 Å². The van der Waals surface area contributed by atoms with E-state index in [1.165, 1.54) is 6.26 Å². The minimum absolute atomic E-state index is 0.256. The minimum atomic E-state index is -3.24. The van der Waals surface area contributed by atoms with Crippen LogP contribution in [0.2, 0.25) is 5.15 Å². The van der Waals surface area contributed by atoms with Crippen molar-refractivity contribution < 1.29 is 8.42 Å². The van der Waals surface area contributed by atoms with Crippen LogP contribution in [-0.2, 0) is 16.9 Å². The summed E-state index contributed by atoms with van der Waals surface area (Å²) >= 11 is 6.17. The number of hydrogen-bond acceptors (Lipinski definition) is 6. The Morgan fingerprint density at radius 3 is 2.52 bits per heavy atom. The highest BCUT2D eigenvalue weighted by molar-refractivity contribution is 7.90. The molecule has 0 saturated carbocycles. The molecule has 148 valence electrons. The molecular weight excluding hydrogens is 410 g/mol. The van der Waals surface area contributed by atoms with Crippen LogP contribution in [0.1, 0.15) is 5.56 Å². The van der Waals surface area contributed by atoms with Gasteiger partial charge in [-0.3, -0.25) is 0 Å². The van der Waals surface area contributed by atoms with E-state index in [1.807, 2.05) is 36.9 Å². The Kier molecular flexibility index (Phi) is 4.76. The summed E-state index contributed by atoms with van der Waals surface area (Å²) in [7, 11) is -1.28. The van der Waals surface area contributed by atoms with Gasteiger partial charge in [0.15, 0.2) is 9.84 Å². The average molecular weight is 428 g/mol. The Hall–Kier alpha value is -2.97. The maximum Gasteiger partial charge on any atom is 0.227 e. The van der Waals surface area contributed by atoms with Crippen molar-refractivity contribution in [2.75, 3.05) is 11.6 Å². The van der Waals surface area contributed by atoms with Crippen molar-refractivity contribution >= 4 is 44.1 Å². The van der Waals surface area contributed by atoms with Gasteiger partial charge in [0, 0.05) is 36.9 Å². The maximum atomic E-state index is 11.6. The van der Waals surface area contributed by atoms with E-state index in [9.17, 15) is 8.42 Å². The number of benzene rings is 1. The lowest BCUT2D eigenvalue weighted by Crippen LogP contribution is -2.00. The summed E-state index contributed by atoms with van der Waals surface area (Å²) < 4.78 is 25.2. The van der Waals surface area contributed by atoms with Gasteiger partial charge in [0.1, 0.15) is 5.15 Å². The first kappa shape index (κ1) is 19.4. The van der Waals surface area contributed by atoms with Gasteiger partial charge in [-0.05, 0) is 48.9 Å². The summed E-state index contributed by atoms with van der Waals surface area (Å²) in [5, 5.41) is 3.53. The summed E-state index contributed by atoms with van der Waals surface area (Å²) in [6.07, 6.45) is 4.80. The lowest BCUT2D eigenvalue weighted by atomic mass is 10.1. The van der Waals surface area contributed by atoms with E-state index in [0.717, 1.165) is 22.2 Å². The fourth-order valence-corrected chi connectivity index (χ4v) is 4.13. The molecule has 3 heterocycles. The van der Waals surface area contributed by atoms with Crippen LogP contribution in [0.25, 0.3) is 22.3 Å². The number of aromatic nitrogens is 4. The number of sulfone groups is 1. The molecule has 29 heavy (non-hydrogen) atoms. The molecule has 9 heteroatoms. The van der Waals surface area contributed by atoms with Crippen LogP contribution in [0.4, 0.5) is 11.6 Å². The third kappa shape index (κ3) is 3.81. The normalized spacial score (nSPS) is 11.7. The third-order valence-electron chi connectivity index (χ3n) is 4.55. The molecule has 0 saturated heterocycles. The van der Waals surface area contributed by atoms with E-state index >= 15 is 0 Å². The van der Waals surface area contributed by atoms with Crippen LogP contribution < -0.4 is 5.32 Å². The molecule has 7 nitrogen and oxygen atoms in total. The summed E-state index contributed by atoms with van der Waals surface area (Å²) in [4.78, 5) is 13.6. The highest BCUT2D eigenvalue weighted by atomic mass is 35.5. The first-order chi connectivity index (χ1) is 13.7. The van der Waals surface area contributed by atoms with E-state index in [0.29, 0.717) is 22.5 Å². The fourth-order valence-electron chi connectivity index (χ4n) is 3.25. The van der Waals surface area contributed by atoms with Gasteiger partial charge in [-0.15, -0.1) is 0 Å². The van der Waals surface area contributed by atoms with E-state index < -0.39 is 9.84 Å². The molecule has 0 amide bonds. The smallest absolute Gasteiger partial charge is 0.227 e. The summed E-state index contributed by atoms with van der Waals surface area (Å²) in [5.74, 6) is 0.394. The number of nitrogens with one attached hydrogen (secondary N) is 1. The van der Waals surface area contributed by atoms with E-state index in [1.54, 1.807) is 30.5 Å². The lowest BCUT2D eigenvalue weighted by Gasteiger charge is -2.07. The minimum Gasteiger partial charge on any atom is -0.348 e. The highest BCUT2D eigenvalue weighted by Crippen LogP contribution is 2.31. The topological polar surface area (TPSA) is 89.8 Å². The van der Waals surface area contributed by atoms with Gasteiger partial charge in [0.25, 0.3) is 0 Å². The van der Waals surface area contributed by atoms with Gasteiger partial charge in [-0.25, -0.2) is 23.4 Å². The third-order valence-corrected chi connectivity index (χ3v) is 5.87. The Bertz CT molecular complexity index is 1330. The first-order valence-electron chi connectivity index (χ1n) is 8.75. The van der Waals surface area contributed by atoms with Crippen LogP contribution in [0.5, 0.6) is 0 Å². The van der Waals surface area contributed by atoms with Crippen LogP contribution >= 0.6 is 11.6 Å². The Balaban J connectivity index is 1.71. The zero-order valence-electron chi connectivity index (χ0n) is 16.0. The van der Waals surface area contributed by atoms with Gasteiger partial charge >= 0.3 is 0 Å². The SMILES string of the molecule is Cc1cc(Cl)nc2c(-c3ccnc(Nc4ccc(S(C)(=O)=O)cc4)n3)cn(C)c12. The molecule has 1 N–H and O–H groups in total. The Labute approximate surface area is 173 Å². The predicted octanol–water partition coefficient (Wildman–Crippen LogP) is 4.14. The molecule has 0 radical (unpaired) electrons. The summed E-state index contributed by atoms with van der Waals surface area (Å²) in [6.45, 7) is 1.99. The summed E-state index contributed by atoms with van der Waals surface area (Å²) in [6, 6.07) is 10.1. The lowest BCUT2D eigenvalue weighted by molar-refractivity contribution is 0.602. The number of pyridine rings is 1. The number of anilines is 2. The van der Waals surface area contributed by atoms with Crippen LogP contribution in [0.15, 0.2) is 53.7 Å². The molecule has 0 unspecified atom stereocenters. The van der Waals surface area contributed by atoms with Gasteiger partial charge in [-0.2, -0.15) is 0 Å². The van der Waals surface area contributed by atoms with Gasteiger partial charge < -0.3 is 9.88 Å². The molecule has 0 aliphatic rings. The number of rotatable bonds is 4. The zero-order chi connectivity index (χ0) is 20.8. The number of fused-ring (bicyclic) bond motifs is 1. The number of hydrogen-bond donors (Lipinski definition) is 1. The largest absolute Gasteiger partial charge is 0.348 e. The van der Waals surface area contributed by atoms with Crippen molar-refractivity contribution in [1.29, 1.82) is 0 Å². The van der Waals surface area contributed by atoms with Crippen LogP contribution in [0, 0.1) is 6.92 Å². The second kappa shape index (κ2) is 7.13. The monoisotopic (exact) mass is 427 g/mol. The zero-order valence-corrected chi connectivity index (χ0v) is 17.6. The molecule has 4 aromatic rings. The predicted molar refractivity (Wildman–Crippen MR) is 114 cm³/mol. The highest BCUT2D eigenvalue weighted by Gasteiger charge is 2.15. The van der Waals surface area contributed by atoms with Crippen molar-refractivity contribution in [3.63, 3.8) is 0 Å². The standard InChI is InChI=1S/C20H18ClN5O2S/c1-12-10-17(21)25-18-15(11-26(2)19(12)18)16-8-9-22-20(24-16)23-13-4-6-14(7-5-13)29(3,27)28/h4-11H,1-3H3,(H,22,23,24). The van der Waals surface area contributed by atoms with Crippen LogP contribution in [-0.4, -0.2) is 34.2 Å². The van der Waals surface area contributed by atoms with Crippen molar-refractivity contribution in [3.8, 4) is 11.3 Å². The molecular formula is C20H18ClN5O2S. The maximum absolute atomic E-state index is 11.6. The molecule has 0 bridgehead atoms. The molecule has 3 aromatic heterocycles. The Morgan fingerprint density at radius 2 is 1.83 bits per heavy atom. The van der Waals surface area contributed by atoms with E-state index in [2.05, 4.69) is 20.3 Å². The number of nitrogens with zero attached hydrogens (tertiary/aromatic N) is 4. The molecule has 0 atom stereocenters. The van der Waals surface area contributed by atoms with Crippen molar-refractivity contribution in [1.82, 2.24) is 19.5 Å². The van der Waals surface area contributed by atoms with Crippen LogP contribution in [0.3, 0.4) is 0 Å². The van der Waals surface area contributed by atoms with Gasteiger partial charge in [0.05, 0.1) is 21.6 Å². The molecule has 0 aliphatic carbocycles. The van der Waals surface area contributed by atoms with Gasteiger partial charge in [-0.1, -0.05) is 11.6 Å². The van der Waals surface area contributed by atoms with E-state index in [-0.39, 0.29) is 4.90 Å². The molecule has 1 aromatic carbocycles. The van der Waals surface area contributed by atoms with Gasteiger partial charge in [0.2, 0.25) is 5.95 Å². The second-order valence-electron chi connectivity index (χ2n) is 6.80. The Morgan fingerprint density at radius 1 is 1.10 bits per heavy atom. The van der Waals surface area contributed by atoms with Crippen molar-refractivity contribution in [2.45, 2.75) is 11.8 Å².